The fourth-order valence-corrected chi connectivity index (χ4v) is 3.26. The molecule has 4 nitrogen and oxygen atoms in total. The van der Waals surface area contributed by atoms with Gasteiger partial charge in [-0.1, -0.05) is 0 Å². The van der Waals surface area contributed by atoms with E-state index in [1.54, 1.807) is 11.3 Å². The number of hydrogen-bond acceptors (Lipinski definition) is 4. The van der Waals surface area contributed by atoms with Gasteiger partial charge in [0.15, 0.2) is 0 Å². The normalized spacial score (nSPS) is 29.4. The molecule has 2 bridgehead atoms. The van der Waals surface area contributed by atoms with Crippen LogP contribution in [0, 0.1) is 0 Å². The lowest BCUT2D eigenvalue weighted by Gasteiger charge is -2.44. The standard InChI is InChI=1S/C12H16N2O2S/c1-13-4-10-6-14(7-11(5-13)16-10)12(15)9-2-3-17-8-9/h2-3,8,10-11H,4-7H2,1H3. The summed E-state index contributed by atoms with van der Waals surface area (Å²) in [6, 6.07) is 1.89. The van der Waals surface area contributed by atoms with Gasteiger partial charge in [0.25, 0.3) is 5.91 Å². The second kappa shape index (κ2) is 4.40. The maximum absolute atomic E-state index is 12.2. The van der Waals surface area contributed by atoms with E-state index in [1.165, 1.54) is 0 Å². The van der Waals surface area contributed by atoms with Crippen molar-refractivity contribution >= 4 is 17.2 Å². The highest BCUT2D eigenvalue weighted by Gasteiger charge is 2.35. The van der Waals surface area contributed by atoms with Gasteiger partial charge in [-0.2, -0.15) is 11.3 Å². The first-order valence-electron chi connectivity index (χ1n) is 5.88. The lowest BCUT2D eigenvalue weighted by atomic mass is 10.1. The molecule has 0 saturated carbocycles. The van der Waals surface area contributed by atoms with Crippen LogP contribution in [0.2, 0.25) is 0 Å². The summed E-state index contributed by atoms with van der Waals surface area (Å²) in [4.78, 5) is 16.5. The Labute approximate surface area is 105 Å². The first-order chi connectivity index (χ1) is 8.22. The van der Waals surface area contributed by atoms with Gasteiger partial charge in [0.2, 0.25) is 0 Å². The Bertz CT molecular complexity index is 389. The SMILES string of the molecule is CN1CC2CN(C(=O)c3ccsc3)CC(C1)O2. The minimum atomic E-state index is 0.147. The van der Waals surface area contributed by atoms with Crippen LogP contribution in [0.4, 0.5) is 0 Å². The third-order valence-electron chi connectivity index (χ3n) is 3.32. The molecule has 3 rings (SSSR count). The van der Waals surface area contributed by atoms with Crippen LogP contribution < -0.4 is 0 Å². The largest absolute Gasteiger partial charge is 0.369 e. The first kappa shape index (κ1) is 11.2. The molecule has 92 valence electrons. The second-order valence-electron chi connectivity index (χ2n) is 4.82. The summed E-state index contributed by atoms with van der Waals surface area (Å²) in [6.07, 6.45) is 0.352. The van der Waals surface area contributed by atoms with Gasteiger partial charge in [-0.25, -0.2) is 0 Å². The monoisotopic (exact) mass is 252 g/mol. The van der Waals surface area contributed by atoms with Gasteiger partial charge in [-0.3, -0.25) is 4.79 Å². The van der Waals surface area contributed by atoms with E-state index in [0.717, 1.165) is 31.7 Å². The van der Waals surface area contributed by atoms with Gasteiger partial charge in [0.1, 0.15) is 0 Å². The fraction of sp³-hybridized carbons (Fsp3) is 0.583. The van der Waals surface area contributed by atoms with Crippen LogP contribution in [0.3, 0.4) is 0 Å². The second-order valence-corrected chi connectivity index (χ2v) is 5.60. The molecule has 0 aliphatic carbocycles. The highest BCUT2D eigenvalue weighted by Crippen LogP contribution is 2.20. The maximum atomic E-state index is 12.2. The molecule has 5 heteroatoms. The van der Waals surface area contributed by atoms with E-state index in [4.69, 9.17) is 4.74 Å². The number of rotatable bonds is 1. The highest BCUT2D eigenvalue weighted by molar-refractivity contribution is 7.08. The number of likely N-dealkylation sites (N-methyl/N-ethyl adjacent to an activating group) is 1. The average molecular weight is 252 g/mol. The lowest BCUT2D eigenvalue weighted by molar-refractivity contribution is -0.124. The minimum Gasteiger partial charge on any atom is -0.369 e. The number of morpholine rings is 2. The van der Waals surface area contributed by atoms with Crippen molar-refractivity contribution < 1.29 is 9.53 Å². The van der Waals surface area contributed by atoms with Crippen molar-refractivity contribution in [3.05, 3.63) is 22.4 Å². The van der Waals surface area contributed by atoms with Crippen LogP contribution in [0.15, 0.2) is 16.8 Å². The van der Waals surface area contributed by atoms with E-state index in [2.05, 4.69) is 11.9 Å². The molecule has 3 heterocycles. The van der Waals surface area contributed by atoms with Crippen molar-refractivity contribution in [3.63, 3.8) is 0 Å². The van der Waals surface area contributed by atoms with E-state index in [1.807, 2.05) is 21.7 Å². The van der Waals surface area contributed by atoms with Crippen LogP contribution in [0.25, 0.3) is 0 Å². The molecule has 0 N–H and O–H groups in total. The fourth-order valence-electron chi connectivity index (χ4n) is 2.63. The Morgan fingerprint density at radius 2 is 2.06 bits per heavy atom. The van der Waals surface area contributed by atoms with E-state index in [-0.39, 0.29) is 18.1 Å². The molecule has 0 spiro atoms. The first-order valence-corrected chi connectivity index (χ1v) is 6.82. The molecule has 1 aromatic rings. The van der Waals surface area contributed by atoms with E-state index >= 15 is 0 Å². The molecule has 1 aromatic heterocycles. The number of thiophene rings is 1. The molecule has 0 aromatic carbocycles. The third-order valence-corrected chi connectivity index (χ3v) is 4.00. The highest BCUT2D eigenvalue weighted by atomic mass is 32.1. The Kier molecular flexibility index (Phi) is 2.90. The van der Waals surface area contributed by atoms with Gasteiger partial charge in [0.05, 0.1) is 17.8 Å². The van der Waals surface area contributed by atoms with Crippen molar-refractivity contribution in [2.75, 3.05) is 33.2 Å². The smallest absolute Gasteiger partial charge is 0.254 e. The summed E-state index contributed by atoms with van der Waals surface area (Å²) >= 11 is 1.57. The molecule has 2 unspecified atom stereocenters. The Morgan fingerprint density at radius 3 is 2.65 bits per heavy atom. The predicted octanol–water partition coefficient (Wildman–Crippen LogP) is 0.903. The van der Waals surface area contributed by atoms with Gasteiger partial charge in [0, 0.05) is 31.6 Å². The van der Waals surface area contributed by atoms with Crippen molar-refractivity contribution in [2.45, 2.75) is 12.2 Å². The third kappa shape index (κ3) is 2.22. The molecule has 2 fully saturated rings. The number of carbonyl (C=O) groups is 1. The Morgan fingerprint density at radius 1 is 1.35 bits per heavy atom. The zero-order chi connectivity index (χ0) is 11.8. The molecular weight excluding hydrogens is 236 g/mol. The summed E-state index contributed by atoms with van der Waals surface area (Å²) in [6.45, 7) is 3.28. The molecule has 2 saturated heterocycles. The van der Waals surface area contributed by atoms with Crippen LogP contribution in [0.5, 0.6) is 0 Å². The number of ether oxygens (including phenoxy) is 1. The molecule has 17 heavy (non-hydrogen) atoms. The Hall–Kier alpha value is -0.910. The molecule has 2 aliphatic rings. The molecular formula is C12H16N2O2S. The zero-order valence-corrected chi connectivity index (χ0v) is 10.7. The van der Waals surface area contributed by atoms with Crippen LogP contribution in [-0.2, 0) is 4.74 Å². The number of amides is 1. The average Bonchev–Trinajstić information content (AvgIpc) is 2.79. The van der Waals surface area contributed by atoms with Gasteiger partial charge in [-0.15, -0.1) is 0 Å². The van der Waals surface area contributed by atoms with Crippen LogP contribution in [0.1, 0.15) is 10.4 Å². The Balaban J connectivity index is 1.72. The van der Waals surface area contributed by atoms with Crippen molar-refractivity contribution in [2.24, 2.45) is 0 Å². The van der Waals surface area contributed by atoms with Gasteiger partial charge >= 0.3 is 0 Å². The predicted molar refractivity (Wildman–Crippen MR) is 66.4 cm³/mol. The van der Waals surface area contributed by atoms with Crippen LogP contribution >= 0.6 is 11.3 Å². The molecule has 2 aliphatic heterocycles. The van der Waals surface area contributed by atoms with Crippen LogP contribution in [-0.4, -0.2) is 61.1 Å². The molecule has 2 atom stereocenters. The summed E-state index contributed by atoms with van der Waals surface area (Å²) < 4.78 is 5.86. The van der Waals surface area contributed by atoms with Gasteiger partial charge < -0.3 is 14.5 Å². The maximum Gasteiger partial charge on any atom is 0.254 e. The van der Waals surface area contributed by atoms with Crippen molar-refractivity contribution in [1.82, 2.24) is 9.80 Å². The summed E-state index contributed by atoms with van der Waals surface area (Å²) in [5.41, 5.74) is 0.809. The number of fused-ring (bicyclic) bond motifs is 2. The number of hydrogen-bond donors (Lipinski definition) is 0. The number of carbonyl (C=O) groups excluding carboxylic acids is 1. The summed E-state index contributed by atoms with van der Waals surface area (Å²) in [7, 11) is 2.11. The summed E-state index contributed by atoms with van der Waals surface area (Å²) in [5, 5.41) is 3.86. The minimum absolute atomic E-state index is 0.147. The molecule has 0 radical (unpaired) electrons. The quantitative estimate of drug-likeness (QED) is 0.744. The zero-order valence-electron chi connectivity index (χ0n) is 9.83. The number of nitrogens with zero attached hydrogens (tertiary/aromatic N) is 2. The van der Waals surface area contributed by atoms with E-state index in [9.17, 15) is 4.79 Å². The van der Waals surface area contributed by atoms with E-state index in [0.29, 0.717) is 0 Å². The van der Waals surface area contributed by atoms with Crippen molar-refractivity contribution in [3.8, 4) is 0 Å². The van der Waals surface area contributed by atoms with Gasteiger partial charge in [-0.05, 0) is 18.5 Å². The summed E-state index contributed by atoms with van der Waals surface area (Å²) in [5.74, 6) is 0.147. The molecule has 1 amide bonds. The van der Waals surface area contributed by atoms with E-state index < -0.39 is 0 Å². The van der Waals surface area contributed by atoms with Crippen molar-refractivity contribution in [1.29, 1.82) is 0 Å². The topological polar surface area (TPSA) is 32.8 Å². The lowest BCUT2D eigenvalue weighted by Crippen LogP contribution is -2.59.